The molecule has 3 aromatic heterocycles. The molecule has 0 unspecified atom stereocenters. The quantitative estimate of drug-likeness (QED) is 0.391. The Labute approximate surface area is 198 Å². The van der Waals surface area contributed by atoms with E-state index in [1.54, 1.807) is 17.4 Å². The number of pyridine rings is 1. The number of thiophene rings is 1. The van der Waals surface area contributed by atoms with Gasteiger partial charge in [0.2, 0.25) is 11.8 Å². The zero-order valence-electron chi connectivity index (χ0n) is 17.9. The third-order valence-corrected chi connectivity index (χ3v) is 6.41. The van der Waals surface area contributed by atoms with Gasteiger partial charge in [-0.1, -0.05) is 11.3 Å². The van der Waals surface area contributed by atoms with Crippen molar-refractivity contribution in [1.29, 1.82) is 0 Å². The molecule has 33 heavy (non-hydrogen) atoms. The summed E-state index contributed by atoms with van der Waals surface area (Å²) in [5.74, 6) is 0.588. The summed E-state index contributed by atoms with van der Waals surface area (Å²) in [7, 11) is 1.50. The highest BCUT2D eigenvalue weighted by atomic mass is 32.1. The topological polar surface area (TPSA) is 107 Å². The van der Waals surface area contributed by atoms with Gasteiger partial charge in [0.1, 0.15) is 28.7 Å². The van der Waals surface area contributed by atoms with Gasteiger partial charge in [0.25, 0.3) is 0 Å². The number of amides is 1. The Morgan fingerprint density at radius 1 is 1.21 bits per heavy atom. The molecule has 5 rings (SSSR count). The molecule has 0 spiro atoms. The van der Waals surface area contributed by atoms with Gasteiger partial charge in [0.15, 0.2) is 0 Å². The third-order valence-electron chi connectivity index (χ3n) is 4.55. The molecule has 3 N–H and O–H groups in total. The number of hydrogen-bond donors (Lipinski definition) is 2. The van der Waals surface area contributed by atoms with Crippen LogP contribution >= 0.6 is 22.7 Å². The largest absolute Gasteiger partial charge is 0.439 e. The summed E-state index contributed by atoms with van der Waals surface area (Å²) in [5.41, 5.74) is 6.34. The van der Waals surface area contributed by atoms with Crippen molar-refractivity contribution in [2.75, 3.05) is 12.4 Å². The van der Waals surface area contributed by atoms with Crippen molar-refractivity contribution in [2.24, 2.45) is 5.73 Å². The van der Waals surface area contributed by atoms with Gasteiger partial charge in [0, 0.05) is 18.1 Å². The second-order valence-corrected chi connectivity index (χ2v) is 8.69. The highest BCUT2D eigenvalue weighted by Crippen LogP contribution is 2.43. The first-order valence-electron chi connectivity index (χ1n) is 10.1. The number of aromatic nitrogens is 2. The molecule has 1 aliphatic carbocycles. The van der Waals surface area contributed by atoms with E-state index >= 15 is 0 Å². The second kappa shape index (κ2) is 11.6. The number of ether oxygens (including phenoxy) is 1. The maximum Gasteiger partial charge on any atom is 0.228 e. The fourth-order valence-electron chi connectivity index (χ4n) is 2.94. The molecule has 1 amide bonds. The van der Waals surface area contributed by atoms with Crippen LogP contribution in [-0.2, 0) is 16.0 Å². The first-order valence-corrected chi connectivity index (χ1v) is 11.8. The molecular weight excluding hydrogens is 463 g/mol. The van der Waals surface area contributed by atoms with E-state index in [2.05, 4.69) is 21.0 Å². The van der Waals surface area contributed by atoms with E-state index in [0.717, 1.165) is 20.9 Å². The van der Waals surface area contributed by atoms with Gasteiger partial charge in [-0.05, 0) is 60.5 Å². The summed E-state index contributed by atoms with van der Waals surface area (Å²) in [4.78, 5) is 30.1. The number of rotatable bonds is 6. The standard InChI is InChI=1S/C21H16FN3O2S2.CH5N.CH2O/c22-15-4-3-14(10-17(15)23-18(26)9-12-7-8-28-11-12)27-19-6-5-16-21(25-19)29-20(24-16)13-1-2-13;2*1-2/h3-8,10-11,13H,1-2,9H2,(H,23,26);2H2,1H3;1H2. The van der Waals surface area contributed by atoms with Gasteiger partial charge in [-0.2, -0.15) is 11.3 Å². The summed E-state index contributed by atoms with van der Waals surface area (Å²) in [6.07, 6.45) is 2.58. The fraction of sp³-hybridized carbons (Fsp3) is 0.217. The lowest BCUT2D eigenvalue weighted by atomic mass is 10.2. The van der Waals surface area contributed by atoms with E-state index in [9.17, 15) is 9.18 Å². The molecule has 4 aromatic rings. The molecule has 1 aromatic carbocycles. The van der Waals surface area contributed by atoms with Crippen molar-refractivity contribution in [3.8, 4) is 11.6 Å². The summed E-state index contributed by atoms with van der Waals surface area (Å²) in [6, 6.07) is 9.75. The van der Waals surface area contributed by atoms with Crippen molar-refractivity contribution in [1.82, 2.24) is 9.97 Å². The normalized spacial score (nSPS) is 12.2. The SMILES string of the molecule is C=O.CN.O=C(Cc1ccsc1)Nc1cc(Oc2ccc3nc(C4CC4)sc3n2)ccc1F. The smallest absolute Gasteiger partial charge is 0.228 e. The van der Waals surface area contributed by atoms with Crippen molar-refractivity contribution >= 4 is 51.4 Å². The van der Waals surface area contributed by atoms with Crippen LogP contribution in [0.5, 0.6) is 11.6 Å². The monoisotopic (exact) mass is 486 g/mol. The van der Waals surface area contributed by atoms with Gasteiger partial charge in [-0.25, -0.2) is 14.4 Å². The summed E-state index contributed by atoms with van der Waals surface area (Å²) >= 11 is 3.11. The van der Waals surface area contributed by atoms with E-state index < -0.39 is 5.82 Å². The van der Waals surface area contributed by atoms with E-state index in [1.807, 2.05) is 29.7 Å². The molecule has 172 valence electrons. The fourth-order valence-corrected chi connectivity index (χ4v) is 4.70. The number of fused-ring (bicyclic) bond motifs is 1. The van der Waals surface area contributed by atoms with Crippen LogP contribution in [0.2, 0.25) is 0 Å². The lowest BCUT2D eigenvalue weighted by molar-refractivity contribution is -0.115. The summed E-state index contributed by atoms with van der Waals surface area (Å²) < 4.78 is 20.0. The lowest BCUT2D eigenvalue weighted by Gasteiger charge is -2.09. The molecule has 1 aliphatic rings. The first kappa shape index (κ1) is 24.4. The molecular formula is C23H23FN4O3S2. The average Bonchev–Trinajstić information content (AvgIpc) is 3.40. The van der Waals surface area contributed by atoms with E-state index in [1.165, 1.54) is 49.4 Å². The molecule has 3 heterocycles. The van der Waals surface area contributed by atoms with E-state index in [-0.39, 0.29) is 18.0 Å². The van der Waals surface area contributed by atoms with Crippen molar-refractivity contribution < 1.29 is 18.7 Å². The van der Waals surface area contributed by atoms with Crippen LogP contribution in [0.25, 0.3) is 10.3 Å². The summed E-state index contributed by atoms with van der Waals surface area (Å²) in [6.45, 7) is 2.00. The number of nitrogens with one attached hydrogen (secondary N) is 1. The molecule has 0 saturated heterocycles. The van der Waals surface area contributed by atoms with Gasteiger partial charge >= 0.3 is 0 Å². The van der Waals surface area contributed by atoms with Crippen LogP contribution in [-0.4, -0.2) is 29.7 Å². The number of nitrogens with zero attached hydrogens (tertiary/aromatic N) is 2. The molecule has 1 fully saturated rings. The zero-order chi connectivity index (χ0) is 23.8. The van der Waals surface area contributed by atoms with E-state index in [4.69, 9.17) is 9.53 Å². The van der Waals surface area contributed by atoms with Crippen molar-refractivity contribution in [3.63, 3.8) is 0 Å². The Morgan fingerprint density at radius 2 is 2.00 bits per heavy atom. The number of carbonyl (C=O) groups excluding carboxylic acids is 2. The third kappa shape index (κ3) is 6.41. The Hall–Kier alpha value is -3.21. The maximum atomic E-state index is 14.1. The number of hydrogen-bond acceptors (Lipinski definition) is 8. The van der Waals surface area contributed by atoms with Crippen molar-refractivity contribution in [3.05, 3.63) is 63.5 Å². The number of thiazole rings is 1. The molecule has 0 radical (unpaired) electrons. The second-order valence-electron chi connectivity index (χ2n) is 6.90. The van der Waals surface area contributed by atoms with Gasteiger partial charge in [0.05, 0.1) is 17.1 Å². The minimum atomic E-state index is -0.518. The van der Waals surface area contributed by atoms with Gasteiger partial charge in [-0.3, -0.25) is 4.79 Å². The number of halogens is 1. The number of benzene rings is 1. The highest BCUT2D eigenvalue weighted by Gasteiger charge is 2.27. The van der Waals surface area contributed by atoms with Crippen LogP contribution in [0.1, 0.15) is 29.3 Å². The molecule has 0 atom stereocenters. The lowest BCUT2D eigenvalue weighted by Crippen LogP contribution is -2.15. The Balaban J connectivity index is 0.000000728. The minimum Gasteiger partial charge on any atom is -0.439 e. The predicted molar refractivity (Wildman–Crippen MR) is 130 cm³/mol. The van der Waals surface area contributed by atoms with Gasteiger partial charge in [-0.15, -0.1) is 0 Å². The molecule has 1 saturated carbocycles. The Bertz CT molecular complexity index is 1210. The Morgan fingerprint density at radius 3 is 2.70 bits per heavy atom. The first-order chi connectivity index (χ1) is 16.1. The maximum absolute atomic E-state index is 14.1. The average molecular weight is 487 g/mol. The van der Waals surface area contributed by atoms with Crippen LogP contribution in [0.4, 0.5) is 10.1 Å². The number of carbonyl (C=O) groups is 2. The minimum absolute atomic E-state index is 0.0811. The van der Waals surface area contributed by atoms with Crippen LogP contribution < -0.4 is 15.8 Å². The van der Waals surface area contributed by atoms with Gasteiger partial charge < -0.3 is 20.6 Å². The molecule has 0 bridgehead atoms. The molecule has 0 aliphatic heterocycles. The van der Waals surface area contributed by atoms with Crippen LogP contribution in [0, 0.1) is 5.82 Å². The predicted octanol–water partition coefficient (Wildman–Crippen LogP) is 5.13. The van der Waals surface area contributed by atoms with E-state index in [0.29, 0.717) is 17.5 Å². The molecule has 10 heteroatoms. The van der Waals surface area contributed by atoms with Crippen molar-refractivity contribution in [2.45, 2.75) is 25.2 Å². The molecule has 7 nitrogen and oxygen atoms in total. The Kier molecular flexibility index (Phi) is 8.58. The highest BCUT2D eigenvalue weighted by molar-refractivity contribution is 7.18. The zero-order valence-corrected chi connectivity index (χ0v) is 19.5. The van der Waals surface area contributed by atoms with Crippen LogP contribution in [0.15, 0.2) is 47.2 Å². The van der Waals surface area contributed by atoms with Crippen LogP contribution in [0.3, 0.4) is 0 Å². The summed E-state index contributed by atoms with van der Waals surface area (Å²) in [5, 5.41) is 7.53. The number of nitrogens with two attached hydrogens (primary N) is 1. The number of anilines is 1.